The molecule has 2 N–H and O–H groups in total. The summed E-state index contributed by atoms with van der Waals surface area (Å²) in [6, 6.07) is 2.48. The second-order valence-electron chi connectivity index (χ2n) is 5.08. The molecule has 1 aliphatic heterocycles. The first-order valence-corrected chi connectivity index (χ1v) is 7.29. The molecule has 2 amide bonds. The van der Waals surface area contributed by atoms with Gasteiger partial charge in [0.2, 0.25) is 5.95 Å². The summed E-state index contributed by atoms with van der Waals surface area (Å²) >= 11 is 0. The quantitative estimate of drug-likeness (QED) is 0.899. The first-order valence-electron chi connectivity index (χ1n) is 7.29. The Labute approximate surface area is 136 Å². The number of benzene rings is 1. The number of amides is 2. The molecule has 0 saturated carbocycles. The van der Waals surface area contributed by atoms with Gasteiger partial charge in [0, 0.05) is 24.8 Å². The lowest BCUT2D eigenvalue weighted by Crippen LogP contribution is -2.37. The van der Waals surface area contributed by atoms with E-state index in [1.54, 1.807) is 0 Å². The van der Waals surface area contributed by atoms with E-state index in [4.69, 9.17) is 4.74 Å². The summed E-state index contributed by atoms with van der Waals surface area (Å²) in [6.07, 6.45) is 2.95. The predicted octanol–water partition coefficient (Wildman–Crippen LogP) is 2.24. The molecular formula is C15H15F2N5O2. The van der Waals surface area contributed by atoms with Gasteiger partial charge in [0.05, 0.1) is 31.3 Å². The zero-order valence-corrected chi connectivity index (χ0v) is 12.6. The number of carbonyl (C=O) groups is 1. The van der Waals surface area contributed by atoms with E-state index in [1.807, 2.05) is 4.90 Å². The maximum atomic E-state index is 13.1. The van der Waals surface area contributed by atoms with Crippen LogP contribution in [0.3, 0.4) is 0 Å². The number of hydrogen-bond acceptors (Lipinski definition) is 5. The number of anilines is 3. The van der Waals surface area contributed by atoms with E-state index in [0.717, 1.165) is 12.1 Å². The Bertz CT molecular complexity index is 720. The average molecular weight is 335 g/mol. The minimum Gasteiger partial charge on any atom is -0.378 e. The van der Waals surface area contributed by atoms with Gasteiger partial charge in [-0.1, -0.05) is 0 Å². The Balaban J connectivity index is 1.58. The molecule has 1 aromatic heterocycles. The third-order valence-corrected chi connectivity index (χ3v) is 3.37. The highest BCUT2D eigenvalue weighted by Crippen LogP contribution is 2.15. The molecule has 0 spiro atoms. The maximum absolute atomic E-state index is 13.1. The highest BCUT2D eigenvalue weighted by molar-refractivity contribution is 5.99. The van der Waals surface area contributed by atoms with Crippen LogP contribution in [-0.2, 0) is 4.74 Å². The zero-order valence-electron chi connectivity index (χ0n) is 12.6. The van der Waals surface area contributed by atoms with Crippen LogP contribution < -0.4 is 15.5 Å². The molecule has 0 radical (unpaired) electrons. The summed E-state index contributed by atoms with van der Waals surface area (Å²) in [5.41, 5.74) is 0.518. The Kier molecular flexibility index (Phi) is 4.80. The van der Waals surface area contributed by atoms with Crippen molar-refractivity contribution in [2.24, 2.45) is 0 Å². The molecule has 0 bridgehead atoms. The lowest BCUT2D eigenvalue weighted by Gasteiger charge is -2.26. The van der Waals surface area contributed by atoms with Gasteiger partial charge in [-0.25, -0.2) is 23.5 Å². The van der Waals surface area contributed by atoms with E-state index in [0.29, 0.717) is 37.9 Å². The number of hydrogen-bond donors (Lipinski definition) is 2. The largest absolute Gasteiger partial charge is 0.378 e. The summed E-state index contributed by atoms with van der Waals surface area (Å²) in [7, 11) is 0. The number of halogens is 2. The van der Waals surface area contributed by atoms with Gasteiger partial charge < -0.3 is 20.3 Å². The molecule has 24 heavy (non-hydrogen) atoms. The van der Waals surface area contributed by atoms with Gasteiger partial charge >= 0.3 is 6.03 Å². The molecule has 1 saturated heterocycles. The van der Waals surface area contributed by atoms with Gasteiger partial charge in [-0.3, -0.25) is 0 Å². The van der Waals surface area contributed by atoms with Crippen LogP contribution in [0.15, 0.2) is 30.6 Å². The van der Waals surface area contributed by atoms with Crippen molar-refractivity contribution < 1.29 is 18.3 Å². The van der Waals surface area contributed by atoms with E-state index in [9.17, 15) is 13.6 Å². The van der Waals surface area contributed by atoms with Crippen molar-refractivity contribution in [2.75, 3.05) is 41.8 Å². The number of ether oxygens (including phenoxy) is 1. The van der Waals surface area contributed by atoms with Crippen LogP contribution in [0, 0.1) is 11.6 Å². The molecule has 0 aliphatic carbocycles. The molecule has 0 atom stereocenters. The van der Waals surface area contributed by atoms with E-state index in [1.165, 1.54) is 18.5 Å². The number of nitrogens with zero attached hydrogens (tertiary/aromatic N) is 3. The van der Waals surface area contributed by atoms with Crippen molar-refractivity contribution in [2.45, 2.75) is 0 Å². The monoisotopic (exact) mass is 335 g/mol. The maximum Gasteiger partial charge on any atom is 0.323 e. The Morgan fingerprint density at radius 2 is 1.71 bits per heavy atom. The molecular weight excluding hydrogens is 320 g/mol. The lowest BCUT2D eigenvalue weighted by atomic mass is 10.3. The third-order valence-electron chi connectivity index (χ3n) is 3.37. The summed E-state index contributed by atoms with van der Waals surface area (Å²) in [4.78, 5) is 22.2. The van der Waals surface area contributed by atoms with E-state index in [-0.39, 0.29) is 5.69 Å². The molecule has 2 heterocycles. The fraction of sp³-hybridized carbons (Fsp3) is 0.267. The number of rotatable bonds is 3. The lowest BCUT2D eigenvalue weighted by molar-refractivity contribution is 0.122. The Morgan fingerprint density at radius 1 is 1.04 bits per heavy atom. The second-order valence-corrected chi connectivity index (χ2v) is 5.08. The minimum absolute atomic E-state index is 0.136. The molecule has 0 unspecified atom stereocenters. The number of morpholine rings is 1. The normalized spacial score (nSPS) is 14.3. The molecule has 1 aliphatic rings. The summed E-state index contributed by atoms with van der Waals surface area (Å²) in [6.45, 7) is 2.67. The highest BCUT2D eigenvalue weighted by atomic mass is 19.2. The SMILES string of the molecule is O=C(Nc1cnc(N2CCOCC2)nc1)Nc1ccc(F)c(F)c1. The van der Waals surface area contributed by atoms with Crippen molar-refractivity contribution in [3.63, 3.8) is 0 Å². The van der Waals surface area contributed by atoms with Crippen molar-refractivity contribution in [3.05, 3.63) is 42.2 Å². The molecule has 1 fully saturated rings. The van der Waals surface area contributed by atoms with Crippen LogP contribution in [0.1, 0.15) is 0 Å². The van der Waals surface area contributed by atoms with Crippen LogP contribution in [0.4, 0.5) is 30.9 Å². The van der Waals surface area contributed by atoms with Gasteiger partial charge in [-0.15, -0.1) is 0 Å². The molecule has 9 heteroatoms. The van der Waals surface area contributed by atoms with Gasteiger partial charge in [0.25, 0.3) is 0 Å². The van der Waals surface area contributed by atoms with Crippen molar-refractivity contribution in [3.8, 4) is 0 Å². The summed E-state index contributed by atoms with van der Waals surface area (Å²) in [5.74, 6) is -1.45. The van der Waals surface area contributed by atoms with Crippen LogP contribution in [0.2, 0.25) is 0 Å². The van der Waals surface area contributed by atoms with Crippen LogP contribution in [0.5, 0.6) is 0 Å². The number of nitrogens with one attached hydrogen (secondary N) is 2. The van der Waals surface area contributed by atoms with Crippen molar-refractivity contribution in [1.82, 2.24) is 9.97 Å². The van der Waals surface area contributed by atoms with Crippen LogP contribution >= 0.6 is 0 Å². The Morgan fingerprint density at radius 3 is 2.38 bits per heavy atom. The van der Waals surface area contributed by atoms with Crippen LogP contribution in [-0.4, -0.2) is 42.3 Å². The summed E-state index contributed by atoms with van der Waals surface area (Å²) in [5, 5.41) is 4.92. The molecule has 2 aromatic rings. The van der Waals surface area contributed by atoms with Gasteiger partial charge in [0.15, 0.2) is 11.6 Å². The first-order chi connectivity index (χ1) is 11.6. The fourth-order valence-electron chi connectivity index (χ4n) is 2.18. The van der Waals surface area contributed by atoms with E-state index < -0.39 is 17.7 Å². The average Bonchev–Trinajstić information content (AvgIpc) is 2.59. The minimum atomic E-state index is -1.04. The van der Waals surface area contributed by atoms with Crippen molar-refractivity contribution in [1.29, 1.82) is 0 Å². The standard InChI is InChI=1S/C15H15F2N5O2/c16-12-2-1-10(7-13(12)17)20-15(23)21-11-8-18-14(19-9-11)22-3-5-24-6-4-22/h1-2,7-9H,3-6H2,(H2,20,21,23). The van der Waals surface area contributed by atoms with Crippen molar-refractivity contribution >= 4 is 23.4 Å². The number of urea groups is 1. The smallest absolute Gasteiger partial charge is 0.323 e. The number of aromatic nitrogens is 2. The van der Waals surface area contributed by atoms with Gasteiger partial charge in [-0.2, -0.15) is 0 Å². The van der Waals surface area contributed by atoms with E-state index >= 15 is 0 Å². The molecule has 3 rings (SSSR count). The molecule has 1 aromatic carbocycles. The van der Waals surface area contributed by atoms with Gasteiger partial charge in [-0.05, 0) is 12.1 Å². The fourth-order valence-corrected chi connectivity index (χ4v) is 2.18. The second kappa shape index (κ2) is 7.18. The summed E-state index contributed by atoms with van der Waals surface area (Å²) < 4.78 is 31.2. The topological polar surface area (TPSA) is 79.4 Å². The van der Waals surface area contributed by atoms with Crippen LogP contribution in [0.25, 0.3) is 0 Å². The highest BCUT2D eigenvalue weighted by Gasteiger charge is 2.13. The first kappa shape index (κ1) is 16.1. The van der Waals surface area contributed by atoms with Gasteiger partial charge in [0.1, 0.15) is 0 Å². The number of carbonyl (C=O) groups excluding carboxylic acids is 1. The molecule has 7 nitrogen and oxygen atoms in total. The Hall–Kier alpha value is -2.81. The van der Waals surface area contributed by atoms with E-state index in [2.05, 4.69) is 20.6 Å². The molecule has 126 valence electrons. The third kappa shape index (κ3) is 3.93. The zero-order chi connectivity index (χ0) is 16.9. The predicted molar refractivity (Wildman–Crippen MR) is 84.1 cm³/mol.